The second-order valence-electron chi connectivity index (χ2n) is 4.50. The molecule has 0 aliphatic carbocycles. The summed E-state index contributed by atoms with van der Waals surface area (Å²) in [6.07, 6.45) is 1.64. The predicted molar refractivity (Wildman–Crippen MR) is 72.0 cm³/mol. The number of amides is 3. The highest BCUT2D eigenvalue weighted by atomic mass is 16.4. The highest BCUT2D eigenvalue weighted by Gasteiger charge is 2.26. The lowest BCUT2D eigenvalue weighted by atomic mass is 10.1. The maximum atomic E-state index is 11.7. The van der Waals surface area contributed by atoms with Crippen molar-refractivity contribution in [3.63, 3.8) is 0 Å². The summed E-state index contributed by atoms with van der Waals surface area (Å²) >= 11 is 0. The Morgan fingerprint density at radius 3 is 2.86 bits per heavy atom. The van der Waals surface area contributed by atoms with Crippen LogP contribution in [0.4, 0.5) is 10.7 Å². The number of aromatic carboxylic acids is 1. The van der Waals surface area contributed by atoms with Crippen molar-refractivity contribution in [2.75, 3.05) is 11.4 Å². The molecule has 8 nitrogen and oxygen atoms in total. The lowest BCUT2D eigenvalue weighted by molar-refractivity contribution is -0.120. The zero-order chi connectivity index (χ0) is 15.0. The molecule has 106 valence electrons. The summed E-state index contributed by atoms with van der Waals surface area (Å²) in [7, 11) is 0. The summed E-state index contributed by atoms with van der Waals surface area (Å²) in [5.74, 6) is -1.19. The topological polar surface area (TPSA) is 112 Å². The molecule has 3 amide bonds. The Balaban J connectivity index is 1.98. The minimum absolute atomic E-state index is 0.139. The van der Waals surface area contributed by atoms with Crippen LogP contribution in [0.2, 0.25) is 0 Å². The van der Waals surface area contributed by atoms with Crippen molar-refractivity contribution in [1.82, 2.24) is 15.3 Å². The normalized spacial score (nSPS) is 15.1. The van der Waals surface area contributed by atoms with Crippen molar-refractivity contribution < 1.29 is 19.5 Å². The SMILES string of the molecule is O=C1CCN(c2ncc3cc(C(=O)O)ccc3n2)C(=O)N1. The summed E-state index contributed by atoms with van der Waals surface area (Å²) in [4.78, 5) is 43.3. The van der Waals surface area contributed by atoms with Gasteiger partial charge in [0.25, 0.3) is 0 Å². The predicted octanol–water partition coefficient (Wildman–Crippen LogP) is 0.774. The number of anilines is 1. The molecular weight excluding hydrogens is 276 g/mol. The number of hydrogen-bond donors (Lipinski definition) is 2. The van der Waals surface area contributed by atoms with E-state index in [1.807, 2.05) is 0 Å². The smallest absolute Gasteiger partial charge is 0.335 e. The minimum Gasteiger partial charge on any atom is -0.478 e. The molecule has 1 aliphatic rings. The molecule has 2 N–H and O–H groups in total. The fourth-order valence-corrected chi connectivity index (χ4v) is 2.04. The maximum absolute atomic E-state index is 11.7. The summed E-state index contributed by atoms with van der Waals surface area (Å²) in [5, 5.41) is 11.7. The molecule has 1 aliphatic heterocycles. The van der Waals surface area contributed by atoms with Gasteiger partial charge >= 0.3 is 12.0 Å². The molecule has 1 fully saturated rings. The van der Waals surface area contributed by atoms with Crippen LogP contribution in [0.25, 0.3) is 10.9 Å². The third-order valence-corrected chi connectivity index (χ3v) is 3.11. The Hall–Kier alpha value is -3.03. The largest absolute Gasteiger partial charge is 0.478 e. The van der Waals surface area contributed by atoms with Crippen molar-refractivity contribution in [1.29, 1.82) is 0 Å². The zero-order valence-electron chi connectivity index (χ0n) is 10.7. The van der Waals surface area contributed by atoms with E-state index in [9.17, 15) is 14.4 Å². The fraction of sp³-hybridized carbons (Fsp3) is 0.154. The average molecular weight is 286 g/mol. The highest BCUT2D eigenvalue weighted by Crippen LogP contribution is 2.18. The summed E-state index contributed by atoms with van der Waals surface area (Å²) in [5.41, 5.74) is 0.662. The van der Waals surface area contributed by atoms with Gasteiger partial charge in [-0.2, -0.15) is 0 Å². The Labute approximate surface area is 118 Å². The van der Waals surface area contributed by atoms with E-state index in [-0.39, 0.29) is 30.4 Å². The van der Waals surface area contributed by atoms with Gasteiger partial charge in [-0.1, -0.05) is 0 Å². The lowest BCUT2D eigenvalue weighted by Crippen LogP contribution is -2.50. The van der Waals surface area contributed by atoms with Gasteiger partial charge in [0.2, 0.25) is 11.9 Å². The number of urea groups is 1. The zero-order valence-corrected chi connectivity index (χ0v) is 10.7. The van der Waals surface area contributed by atoms with Crippen molar-refractivity contribution in [3.8, 4) is 0 Å². The van der Waals surface area contributed by atoms with Crippen molar-refractivity contribution in [3.05, 3.63) is 30.0 Å². The van der Waals surface area contributed by atoms with Crippen LogP contribution in [0.1, 0.15) is 16.8 Å². The number of carbonyl (C=O) groups is 3. The number of imide groups is 1. The molecule has 8 heteroatoms. The molecule has 1 aromatic heterocycles. The first-order valence-corrected chi connectivity index (χ1v) is 6.16. The Morgan fingerprint density at radius 2 is 2.14 bits per heavy atom. The van der Waals surface area contributed by atoms with Gasteiger partial charge in [0.15, 0.2) is 0 Å². The van der Waals surface area contributed by atoms with E-state index < -0.39 is 12.0 Å². The average Bonchev–Trinajstić information content (AvgIpc) is 2.46. The molecule has 0 bridgehead atoms. The molecule has 0 unspecified atom stereocenters. The Kier molecular flexibility index (Phi) is 2.98. The maximum Gasteiger partial charge on any atom is 0.335 e. The van der Waals surface area contributed by atoms with E-state index in [4.69, 9.17) is 5.11 Å². The number of fused-ring (bicyclic) bond motifs is 1. The monoisotopic (exact) mass is 286 g/mol. The number of rotatable bonds is 2. The molecule has 0 atom stereocenters. The molecule has 3 rings (SSSR count). The van der Waals surface area contributed by atoms with Gasteiger partial charge in [0.1, 0.15) is 0 Å². The van der Waals surface area contributed by atoms with E-state index in [2.05, 4.69) is 15.3 Å². The van der Waals surface area contributed by atoms with Gasteiger partial charge in [-0.25, -0.2) is 19.6 Å². The summed E-state index contributed by atoms with van der Waals surface area (Å²) in [6, 6.07) is 3.88. The van der Waals surface area contributed by atoms with E-state index in [0.717, 1.165) is 0 Å². The quantitative estimate of drug-likeness (QED) is 0.843. The van der Waals surface area contributed by atoms with Gasteiger partial charge < -0.3 is 5.11 Å². The van der Waals surface area contributed by atoms with Crippen molar-refractivity contribution >= 4 is 34.8 Å². The van der Waals surface area contributed by atoms with Gasteiger partial charge in [-0.3, -0.25) is 15.0 Å². The van der Waals surface area contributed by atoms with Gasteiger partial charge in [-0.05, 0) is 18.2 Å². The van der Waals surface area contributed by atoms with Crippen LogP contribution in [-0.4, -0.2) is 39.5 Å². The second-order valence-corrected chi connectivity index (χ2v) is 4.50. The van der Waals surface area contributed by atoms with E-state index >= 15 is 0 Å². The Morgan fingerprint density at radius 1 is 1.33 bits per heavy atom. The molecule has 0 spiro atoms. The standard InChI is InChI=1S/C13H10N4O4/c18-10-3-4-17(13(21)16-10)12-14-6-8-5-7(11(19)20)1-2-9(8)15-12/h1-2,5-6H,3-4H2,(H,19,20)(H,16,18,21). The molecule has 2 aromatic rings. The first-order valence-electron chi connectivity index (χ1n) is 6.16. The second kappa shape index (κ2) is 4.82. The summed E-state index contributed by atoms with van der Waals surface area (Å²) < 4.78 is 0. The minimum atomic E-state index is -1.03. The molecule has 21 heavy (non-hydrogen) atoms. The van der Waals surface area contributed by atoms with Crippen LogP contribution >= 0.6 is 0 Å². The van der Waals surface area contributed by atoms with Gasteiger partial charge in [-0.15, -0.1) is 0 Å². The van der Waals surface area contributed by atoms with Crippen LogP contribution < -0.4 is 10.2 Å². The third-order valence-electron chi connectivity index (χ3n) is 3.11. The molecule has 1 saturated heterocycles. The molecule has 1 aromatic carbocycles. The van der Waals surface area contributed by atoms with E-state index in [1.54, 1.807) is 6.07 Å². The number of carboxylic acid groups (broad SMARTS) is 1. The number of hydrogen-bond acceptors (Lipinski definition) is 5. The first kappa shape index (κ1) is 13.0. The summed E-state index contributed by atoms with van der Waals surface area (Å²) in [6.45, 7) is 0.212. The first-order chi connectivity index (χ1) is 10.0. The van der Waals surface area contributed by atoms with Gasteiger partial charge in [0, 0.05) is 24.5 Å². The van der Waals surface area contributed by atoms with Crippen molar-refractivity contribution in [2.24, 2.45) is 0 Å². The highest BCUT2D eigenvalue weighted by molar-refractivity contribution is 6.05. The fourth-order valence-electron chi connectivity index (χ4n) is 2.04. The Bertz CT molecular complexity index is 774. The number of nitrogens with zero attached hydrogens (tertiary/aromatic N) is 3. The van der Waals surface area contributed by atoms with E-state index in [1.165, 1.54) is 23.2 Å². The van der Waals surface area contributed by atoms with Crippen molar-refractivity contribution in [2.45, 2.75) is 6.42 Å². The number of carboxylic acids is 1. The molecule has 2 heterocycles. The van der Waals surface area contributed by atoms with E-state index in [0.29, 0.717) is 10.9 Å². The molecule has 0 saturated carbocycles. The molecule has 0 radical (unpaired) electrons. The number of aromatic nitrogens is 2. The molecular formula is C13H10N4O4. The van der Waals surface area contributed by atoms with Crippen LogP contribution in [0, 0.1) is 0 Å². The number of carbonyl (C=O) groups excluding carboxylic acids is 2. The van der Waals surface area contributed by atoms with Crippen LogP contribution in [0.15, 0.2) is 24.4 Å². The number of nitrogens with one attached hydrogen (secondary N) is 1. The third kappa shape index (κ3) is 2.38. The van der Waals surface area contributed by atoms with Gasteiger partial charge in [0.05, 0.1) is 11.1 Å². The van der Waals surface area contributed by atoms with Crippen LogP contribution in [0.3, 0.4) is 0 Å². The van der Waals surface area contributed by atoms with Crippen LogP contribution in [-0.2, 0) is 4.79 Å². The number of benzene rings is 1. The lowest BCUT2D eigenvalue weighted by Gasteiger charge is -2.24. The van der Waals surface area contributed by atoms with Crippen LogP contribution in [0.5, 0.6) is 0 Å².